The Balaban J connectivity index is 0.000000217. The molecule has 0 amide bonds. The lowest BCUT2D eigenvalue weighted by Crippen LogP contribution is -1.72. The lowest BCUT2D eigenvalue weighted by molar-refractivity contribution is 0.475. The molecule has 0 bridgehead atoms. The van der Waals surface area contributed by atoms with Gasteiger partial charge in [-0.1, -0.05) is 31.2 Å². The number of phenols is 1. The van der Waals surface area contributed by atoms with Crippen LogP contribution < -0.4 is 5.73 Å². The maximum Gasteiger partial charge on any atom is 0.115 e. The second kappa shape index (κ2) is 7.66. The minimum atomic E-state index is 0.322. The molecule has 0 spiro atoms. The zero-order chi connectivity index (χ0) is 9.23. The first-order valence-electron chi connectivity index (χ1n) is 3.92. The van der Waals surface area contributed by atoms with E-state index in [1.54, 1.807) is 30.5 Å². The van der Waals surface area contributed by atoms with E-state index in [4.69, 9.17) is 10.8 Å². The Bertz CT molecular complexity index is 206. The fourth-order valence-electron chi connectivity index (χ4n) is 0.564. The number of phenolic OH excluding ortho intramolecular Hbond substituents is 1. The third-order valence-corrected chi connectivity index (χ3v) is 1.13. The van der Waals surface area contributed by atoms with E-state index in [1.807, 2.05) is 19.1 Å². The molecule has 0 aliphatic rings. The Kier molecular flexibility index (Phi) is 6.74. The predicted octanol–water partition coefficient (Wildman–Crippen LogP) is 2.26. The molecule has 2 heteroatoms. The molecule has 1 rings (SSSR count). The van der Waals surface area contributed by atoms with Crippen LogP contribution in [0.2, 0.25) is 0 Å². The molecule has 0 atom stereocenters. The van der Waals surface area contributed by atoms with Crippen LogP contribution in [0, 0.1) is 0 Å². The van der Waals surface area contributed by atoms with Crippen LogP contribution >= 0.6 is 0 Å². The molecule has 0 saturated heterocycles. The molecular formula is C10H15NO. The fourth-order valence-corrected chi connectivity index (χ4v) is 0.564. The van der Waals surface area contributed by atoms with E-state index in [-0.39, 0.29) is 0 Å². The van der Waals surface area contributed by atoms with Crippen LogP contribution in [0.3, 0.4) is 0 Å². The first-order chi connectivity index (χ1) is 5.81. The summed E-state index contributed by atoms with van der Waals surface area (Å²) in [6, 6.07) is 8.71. The summed E-state index contributed by atoms with van der Waals surface area (Å²) in [4.78, 5) is 0. The van der Waals surface area contributed by atoms with Crippen molar-refractivity contribution in [3.63, 3.8) is 0 Å². The van der Waals surface area contributed by atoms with E-state index in [0.717, 1.165) is 6.42 Å². The average molecular weight is 165 g/mol. The molecule has 1 aromatic carbocycles. The molecule has 0 aliphatic heterocycles. The normalized spacial score (nSPS) is 9.08. The number of aromatic hydroxyl groups is 1. The standard InChI is InChI=1S/C6H6O.C4H9N/c7-6-4-2-1-3-5-6;1-2-3-4-5/h1-5,7H;3-4H,2,5H2,1H3. The summed E-state index contributed by atoms with van der Waals surface area (Å²) in [6.45, 7) is 2.04. The van der Waals surface area contributed by atoms with Crippen LogP contribution in [0.25, 0.3) is 0 Å². The summed E-state index contributed by atoms with van der Waals surface area (Å²) < 4.78 is 0. The molecule has 1 aromatic rings. The van der Waals surface area contributed by atoms with Gasteiger partial charge in [0.05, 0.1) is 0 Å². The second-order valence-corrected chi connectivity index (χ2v) is 2.17. The topological polar surface area (TPSA) is 46.2 Å². The van der Waals surface area contributed by atoms with Crippen molar-refractivity contribution in [2.75, 3.05) is 0 Å². The highest BCUT2D eigenvalue weighted by atomic mass is 16.3. The number of para-hydroxylation sites is 1. The molecule has 66 valence electrons. The average Bonchev–Trinajstić information content (AvgIpc) is 2.08. The molecule has 2 nitrogen and oxygen atoms in total. The third-order valence-electron chi connectivity index (χ3n) is 1.13. The zero-order valence-electron chi connectivity index (χ0n) is 7.27. The highest BCUT2D eigenvalue weighted by Crippen LogP contribution is 2.02. The largest absolute Gasteiger partial charge is 0.508 e. The van der Waals surface area contributed by atoms with Crippen LogP contribution in [0.4, 0.5) is 0 Å². The Hall–Kier alpha value is -1.44. The van der Waals surface area contributed by atoms with Gasteiger partial charge in [0.15, 0.2) is 0 Å². The predicted molar refractivity (Wildman–Crippen MR) is 51.7 cm³/mol. The Morgan fingerprint density at radius 2 is 1.92 bits per heavy atom. The van der Waals surface area contributed by atoms with Crippen LogP contribution in [0.15, 0.2) is 42.6 Å². The molecule has 0 aliphatic carbocycles. The van der Waals surface area contributed by atoms with Crippen molar-refractivity contribution in [1.29, 1.82) is 0 Å². The number of rotatable bonds is 1. The van der Waals surface area contributed by atoms with Crippen molar-refractivity contribution < 1.29 is 5.11 Å². The maximum atomic E-state index is 8.63. The van der Waals surface area contributed by atoms with Crippen LogP contribution in [-0.4, -0.2) is 5.11 Å². The first-order valence-corrected chi connectivity index (χ1v) is 3.92. The van der Waals surface area contributed by atoms with Gasteiger partial charge in [-0.25, -0.2) is 0 Å². The number of benzene rings is 1. The van der Waals surface area contributed by atoms with Gasteiger partial charge >= 0.3 is 0 Å². The van der Waals surface area contributed by atoms with E-state index in [0.29, 0.717) is 5.75 Å². The van der Waals surface area contributed by atoms with E-state index >= 15 is 0 Å². The van der Waals surface area contributed by atoms with Gasteiger partial charge in [0.25, 0.3) is 0 Å². The molecule has 0 saturated carbocycles. The van der Waals surface area contributed by atoms with Gasteiger partial charge in [-0.05, 0) is 24.8 Å². The molecule has 0 heterocycles. The van der Waals surface area contributed by atoms with Crippen LogP contribution in [0.1, 0.15) is 13.3 Å². The molecule has 0 unspecified atom stereocenters. The number of allylic oxidation sites excluding steroid dienone is 1. The summed E-state index contributed by atoms with van der Waals surface area (Å²) in [5.41, 5.74) is 4.96. The maximum absolute atomic E-state index is 8.63. The van der Waals surface area contributed by atoms with Crippen LogP contribution in [0.5, 0.6) is 5.75 Å². The smallest absolute Gasteiger partial charge is 0.115 e. The molecule has 0 fully saturated rings. The number of hydrogen-bond acceptors (Lipinski definition) is 2. The van der Waals surface area contributed by atoms with Gasteiger partial charge < -0.3 is 10.8 Å². The Morgan fingerprint density at radius 3 is 2.08 bits per heavy atom. The summed E-state index contributed by atoms with van der Waals surface area (Å²) in [7, 11) is 0. The lowest BCUT2D eigenvalue weighted by atomic mass is 10.3. The van der Waals surface area contributed by atoms with Gasteiger partial charge in [0.2, 0.25) is 0 Å². The van der Waals surface area contributed by atoms with Crippen molar-refractivity contribution in [3.8, 4) is 5.75 Å². The van der Waals surface area contributed by atoms with Gasteiger partial charge in [0.1, 0.15) is 5.75 Å². The van der Waals surface area contributed by atoms with Gasteiger partial charge in [-0.2, -0.15) is 0 Å². The SMILES string of the molecule is CCC=CN.Oc1ccccc1. The second-order valence-electron chi connectivity index (χ2n) is 2.17. The summed E-state index contributed by atoms with van der Waals surface area (Å²) in [5.74, 6) is 0.322. The Morgan fingerprint density at radius 1 is 1.33 bits per heavy atom. The Labute approximate surface area is 73.3 Å². The van der Waals surface area contributed by atoms with Gasteiger partial charge in [-0.15, -0.1) is 0 Å². The summed E-state index contributed by atoms with van der Waals surface area (Å²) >= 11 is 0. The molecule has 3 N–H and O–H groups in total. The van der Waals surface area contributed by atoms with E-state index in [2.05, 4.69) is 0 Å². The minimum absolute atomic E-state index is 0.322. The first kappa shape index (κ1) is 10.6. The van der Waals surface area contributed by atoms with Crippen molar-refractivity contribution in [2.45, 2.75) is 13.3 Å². The quantitative estimate of drug-likeness (QED) is 0.670. The van der Waals surface area contributed by atoms with Crippen molar-refractivity contribution in [2.24, 2.45) is 5.73 Å². The summed E-state index contributed by atoms with van der Waals surface area (Å²) in [5, 5.41) is 8.63. The summed E-state index contributed by atoms with van der Waals surface area (Å²) in [6.07, 6.45) is 4.50. The zero-order valence-corrected chi connectivity index (χ0v) is 7.27. The number of nitrogens with two attached hydrogens (primary N) is 1. The molecular weight excluding hydrogens is 150 g/mol. The lowest BCUT2D eigenvalue weighted by Gasteiger charge is -1.82. The van der Waals surface area contributed by atoms with Gasteiger partial charge in [0, 0.05) is 0 Å². The highest BCUT2D eigenvalue weighted by molar-refractivity contribution is 5.18. The van der Waals surface area contributed by atoms with E-state index in [1.165, 1.54) is 0 Å². The van der Waals surface area contributed by atoms with Crippen LogP contribution in [-0.2, 0) is 0 Å². The highest BCUT2D eigenvalue weighted by Gasteiger charge is 1.74. The number of hydrogen-bond donors (Lipinski definition) is 2. The van der Waals surface area contributed by atoms with E-state index in [9.17, 15) is 0 Å². The van der Waals surface area contributed by atoms with Crippen molar-refractivity contribution in [1.82, 2.24) is 0 Å². The van der Waals surface area contributed by atoms with Crippen molar-refractivity contribution in [3.05, 3.63) is 42.6 Å². The van der Waals surface area contributed by atoms with Gasteiger partial charge in [-0.3, -0.25) is 0 Å². The molecule has 0 radical (unpaired) electrons. The fraction of sp³-hybridized carbons (Fsp3) is 0.200. The van der Waals surface area contributed by atoms with E-state index < -0.39 is 0 Å². The molecule has 12 heavy (non-hydrogen) atoms. The monoisotopic (exact) mass is 165 g/mol. The third kappa shape index (κ3) is 6.68. The van der Waals surface area contributed by atoms with Crippen molar-refractivity contribution >= 4 is 0 Å². The molecule has 0 aromatic heterocycles. The minimum Gasteiger partial charge on any atom is -0.508 e.